The molecule has 0 unspecified atom stereocenters. The monoisotopic (exact) mass is 223 g/mol. The van der Waals surface area contributed by atoms with Gasteiger partial charge >= 0.3 is 0 Å². The second kappa shape index (κ2) is 5.26. The van der Waals surface area contributed by atoms with Crippen LogP contribution in [-0.2, 0) is 14.4 Å². The molecule has 0 aromatic carbocycles. The van der Waals surface area contributed by atoms with Gasteiger partial charge in [-0.3, -0.25) is 19.3 Å². The summed E-state index contributed by atoms with van der Waals surface area (Å²) in [6, 6.07) is 1.92. The lowest BCUT2D eigenvalue weighted by Crippen LogP contribution is -2.41. The Morgan fingerprint density at radius 3 is 2.50 bits per heavy atom. The Morgan fingerprint density at radius 1 is 1.44 bits per heavy atom. The van der Waals surface area contributed by atoms with Crippen LogP contribution in [-0.4, -0.2) is 47.7 Å². The van der Waals surface area contributed by atoms with Gasteiger partial charge in [-0.1, -0.05) is 0 Å². The summed E-state index contributed by atoms with van der Waals surface area (Å²) in [6.45, 7) is 0.102. The third-order valence-electron chi connectivity index (χ3n) is 2.43. The van der Waals surface area contributed by atoms with Gasteiger partial charge in [0.2, 0.25) is 17.7 Å². The van der Waals surface area contributed by atoms with Crippen LogP contribution < -0.4 is 0 Å². The summed E-state index contributed by atoms with van der Waals surface area (Å²) in [5, 5.41) is 8.36. The molecule has 1 saturated heterocycles. The minimum absolute atomic E-state index is 0.189. The van der Waals surface area contributed by atoms with Gasteiger partial charge in [-0.15, -0.1) is 0 Å². The van der Waals surface area contributed by atoms with Gasteiger partial charge in [0.25, 0.3) is 0 Å². The molecule has 1 fully saturated rings. The highest BCUT2D eigenvalue weighted by atomic mass is 16.2. The molecule has 0 aromatic heterocycles. The van der Waals surface area contributed by atoms with Crippen LogP contribution >= 0.6 is 0 Å². The number of amides is 3. The molecule has 6 heteroatoms. The summed E-state index contributed by atoms with van der Waals surface area (Å²) in [5.41, 5.74) is 0. The highest BCUT2D eigenvalue weighted by Crippen LogP contribution is 2.11. The Balaban J connectivity index is 2.48. The first kappa shape index (κ1) is 12.2. The van der Waals surface area contributed by atoms with Crippen LogP contribution in [0.15, 0.2) is 0 Å². The Labute approximate surface area is 93.4 Å². The Morgan fingerprint density at radius 2 is 2.00 bits per heavy atom. The first-order chi connectivity index (χ1) is 7.56. The smallest absolute Gasteiger partial charge is 0.242 e. The van der Waals surface area contributed by atoms with Crippen LogP contribution in [0.4, 0.5) is 0 Å². The van der Waals surface area contributed by atoms with E-state index >= 15 is 0 Å². The number of hydrogen-bond donors (Lipinski definition) is 0. The van der Waals surface area contributed by atoms with E-state index in [0.717, 1.165) is 4.90 Å². The van der Waals surface area contributed by atoms with Crippen molar-refractivity contribution in [1.82, 2.24) is 9.80 Å². The van der Waals surface area contributed by atoms with Gasteiger partial charge < -0.3 is 4.90 Å². The van der Waals surface area contributed by atoms with Crippen molar-refractivity contribution in [2.75, 3.05) is 20.1 Å². The molecule has 0 spiro atoms. The second-order valence-corrected chi connectivity index (χ2v) is 3.60. The van der Waals surface area contributed by atoms with E-state index in [1.807, 2.05) is 6.07 Å². The molecule has 0 radical (unpaired) electrons. The Hall–Kier alpha value is -1.90. The van der Waals surface area contributed by atoms with E-state index in [1.54, 1.807) is 7.05 Å². The lowest BCUT2D eigenvalue weighted by atomic mass is 10.4. The average molecular weight is 223 g/mol. The molecule has 0 aliphatic carbocycles. The second-order valence-electron chi connectivity index (χ2n) is 3.60. The highest BCUT2D eigenvalue weighted by molar-refractivity contribution is 6.04. The number of nitrogens with zero attached hydrogens (tertiary/aromatic N) is 3. The van der Waals surface area contributed by atoms with Gasteiger partial charge in [0.15, 0.2) is 0 Å². The number of likely N-dealkylation sites (N-methyl/N-ethyl adjacent to an activating group) is 1. The summed E-state index contributed by atoms with van der Waals surface area (Å²) in [5.74, 6) is -0.919. The maximum atomic E-state index is 11.6. The zero-order valence-corrected chi connectivity index (χ0v) is 9.10. The molecule has 6 nitrogen and oxygen atoms in total. The molecule has 0 atom stereocenters. The number of carbonyl (C=O) groups excluding carboxylic acids is 3. The topological polar surface area (TPSA) is 81.5 Å². The van der Waals surface area contributed by atoms with Gasteiger partial charge in [0.05, 0.1) is 12.5 Å². The van der Waals surface area contributed by atoms with Gasteiger partial charge in [0.1, 0.15) is 6.54 Å². The van der Waals surface area contributed by atoms with E-state index in [2.05, 4.69) is 0 Å². The lowest BCUT2D eigenvalue weighted by molar-refractivity contribution is -0.145. The van der Waals surface area contributed by atoms with Gasteiger partial charge in [-0.25, -0.2) is 0 Å². The maximum Gasteiger partial charge on any atom is 0.242 e. The Kier molecular flexibility index (Phi) is 4.00. The molecular weight excluding hydrogens is 210 g/mol. The number of nitriles is 1. The molecule has 1 heterocycles. The fourth-order valence-corrected chi connectivity index (χ4v) is 1.40. The predicted octanol–water partition coefficient (Wildman–Crippen LogP) is -0.493. The molecule has 1 aliphatic heterocycles. The zero-order chi connectivity index (χ0) is 12.1. The quantitative estimate of drug-likeness (QED) is 0.602. The van der Waals surface area contributed by atoms with Crippen LogP contribution in [0.2, 0.25) is 0 Å². The third-order valence-corrected chi connectivity index (χ3v) is 2.43. The van der Waals surface area contributed by atoms with Crippen molar-refractivity contribution in [3.8, 4) is 6.07 Å². The zero-order valence-electron chi connectivity index (χ0n) is 9.10. The molecule has 1 aliphatic rings. The number of imide groups is 1. The fourth-order valence-electron chi connectivity index (χ4n) is 1.40. The number of carbonyl (C=O) groups is 3. The fraction of sp³-hybridized carbons (Fsp3) is 0.600. The summed E-state index contributed by atoms with van der Waals surface area (Å²) in [7, 11) is 1.55. The molecule has 16 heavy (non-hydrogen) atoms. The maximum absolute atomic E-state index is 11.6. The van der Waals surface area contributed by atoms with Gasteiger partial charge in [-0.05, 0) is 0 Å². The molecule has 86 valence electrons. The standard InChI is InChI=1S/C10H13N3O3/c1-12(6-2-5-11)10(16)7-13-8(14)3-4-9(13)15/h2-4,6-7H2,1H3. The van der Waals surface area contributed by atoms with Crippen molar-refractivity contribution in [2.45, 2.75) is 19.3 Å². The SMILES string of the molecule is CN(CCC#N)C(=O)CN1C(=O)CCC1=O. The van der Waals surface area contributed by atoms with Crippen molar-refractivity contribution >= 4 is 17.7 Å². The minimum atomic E-state index is -0.321. The summed E-state index contributed by atoms with van der Waals surface area (Å²) in [6.07, 6.45) is 0.617. The summed E-state index contributed by atoms with van der Waals surface area (Å²) < 4.78 is 0. The van der Waals surface area contributed by atoms with Crippen LogP contribution in [0.3, 0.4) is 0 Å². The molecule has 3 amide bonds. The number of likely N-dealkylation sites (tertiary alicyclic amines) is 1. The largest absolute Gasteiger partial charge is 0.343 e. The lowest BCUT2D eigenvalue weighted by Gasteiger charge is -2.19. The van der Waals surface area contributed by atoms with E-state index in [-0.39, 0.29) is 43.5 Å². The van der Waals surface area contributed by atoms with E-state index < -0.39 is 0 Å². The van der Waals surface area contributed by atoms with Crippen molar-refractivity contribution in [2.24, 2.45) is 0 Å². The molecule has 0 bridgehead atoms. The number of hydrogen-bond acceptors (Lipinski definition) is 4. The normalized spacial score (nSPS) is 15.1. The van der Waals surface area contributed by atoms with E-state index in [4.69, 9.17) is 5.26 Å². The third kappa shape index (κ3) is 2.79. The minimum Gasteiger partial charge on any atom is -0.343 e. The van der Waals surface area contributed by atoms with E-state index in [0.29, 0.717) is 6.54 Å². The molecule has 0 saturated carbocycles. The van der Waals surface area contributed by atoms with Crippen LogP contribution in [0.1, 0.15) is 19.3 Å². The van der Waals surface area contributed by atoms with Crippen LogP contribution in [0.25, 0.3) is 0 Å². The van der Waals surface area contributed by atoms with Crippen molar-refractivity contribution in [3.63, 3.8) is 0 Å². The molecule has 0 N–H and O–H groups in total. The van der Waals surface area contributed by atoms with Crippen molar-refractivity contribution in [1.29, 1.82) is 5.26 Å². The number of rotatable bonds is 4. The molecule has 1 rings (SSSR count). The Bertz CT molecular complexity index is 343. The van der Waals surface area contributed by atoms with Crippen LogP contribution in [0.5, 0.6) is 0 Å². The summed E-state index contributed by atoms with van der Waals surface area (Å²) in [4.78, 5) is 36.4. The average Bonchev–Trinajstić information content (AvgIpc) is 2.57. The first-order valence-electron chi connectivity index (χ1n) is 5.00. The van der Waals surface area contributed by atoms with Gasteiger partial charge in [0, 0.05) is 26.4 Å². The van der Waals surface area contributed by atoms with Crippen LogP contribution in [0, 0.1) is 11.3 Å². The first-order valence-corrected chi connectivity index (χ1v) is 5.00. The van der Waals surface area contributed by atoms with Crippen molar-refractivity contribution < 1.29 is 14.4 Å². The van der Waals surface area contributed by atoms with Gasteiger partial charge in [-0.2, -0.15) is 5.26 Å². The highest BCUT2D eigenvalue weighted by Gasteiger charge is 2.31. The van der Waals surface area contributed by atoms with Crippen molar-refractivity contribution in [3.05, 3.63) is 0 Å². The molecule has 0 aromatic rings. The van der Waals surface area contributed by atoms with E-state index in [1.165, 1.54) is 4.90 Å². The van der Waals surface area contributed by atoms with E-state index in [9.17, 15) is 14.4 Å². The molecular formula is C10H13N3O3. The predicted molar refractivity (Wildman–Crippen MR) is 53.8 cm³/mol. The summed E-state index contributed by atoms with van der Waals surface area (Å²) >= 11 is 0.